The number of nitrogens with one attached hydrogen (secondary N) is 1. The van der Waals surface area contributed by atoms with Crippen molar-refractivity contribution in [3.63, 3.8) is 0 Å². The van der Waals surface area contributed by atoms with Gasteiger partial charge in [-0.25, -0.2) is 13.1 Å². The van der Waals surface area contributed by atoms with Crippen molar-refractivity contribution in [1.29, 1.82) is 0 Å². The predicted octanol–water partition coefficient (Wildman–Crippen LogP) is 2.69. The van der Waals surface area contributed by atoms with Gasteiger partial charge in [-0.2, -0.15) is 0 Å². The van der Waals surface area contributed by atoms with E-state index in [0.717, 1.165) is 0 Å². The molecule has 0 fully saturated rings. The summed E-state index contributed by atoms with van der Waals surface area (Å²) in [6.45, 7) is 4.85. The first kappa shape index (κ1) is 16.6. The first-order valence-electron chi connectivity index (χ1n) is 6.96. The van der Waals surface area contributed by atoms with Crippen LogP contribution in [0.5, 0.6) is 11.5 Å². The fourth-order valence-corrected chi connectivity index (χ4v) is 4.82. The van der Waals surface area contributed by atoms with Crippen molar-refractivity contribution in [2.75, 3.05) is 18.5 Å². The van der Waals surface area contributed by atoms with Gasteiger partial charge in [0.15, 0.2) is 11.5 Å². The summed E-state index contributed by atoms with van der Waals surface area (Å²) >= 11 is 3.41. The minimum Gasteiger partial charge on any atom is -0.486 e. The van der Waals surface area contributed by atoms with Crippen LogP contribution < -0.4 is 14.2 Å². The van der Waals surface area contributed by atoms with E-state index in [1.165, 1.54) is 6.07 Å². The Bertz CT molecular complexity index is 591. The normalized spacial score (nSPS) is 15.0. The summed E-state index contributed by atoms with van der Waals surface area (Å²) in [5.41, 5.74) is -0.480. The predicted molar refractivity (Wildman–Crippen MR) is 84.9 cm³/mol. The smallest absolute Gasteiger partial charge is 0.241 e. The molecule has 118 valence electrons. The largest absolute Gasteiger partial charge is 0.486 e. The third kappa shape index (κ3) is 3.52. The number of halogens is 1. The molecule has 1 heterocycles. The summed E-state index contributed by atoms with van der Waals surface area (Å²) in [4.78, 5) is 0.193. The molecule has 2 rings (SSSR count). The molecule has 1 aromatic rings. The second-order valence-electron chi connectivity index (χ2n) is 5.03. The van der Waals surface area contributed by atoms with E-state index in [9.17, 15) is 8.42 Å². The van der Waals surface area contributed by atoms with Gasteiger partial charge in [-0.1, -0.05) is 29.8 Å². The maximum atomic E-state index is 12.6. The summed E-state index contributed by atoms with van der Waals surface area (Å²) in [5.74, 6) is 1.06. The third-order valence-electron chi connectivity index (χ3n) is 3.78. The minimum absolute atomic E-state index is 0.193. The average molecular weight is 378 g/mol. The van der Waals surface area contributed by atoms with Crippen LogP contribution in [0.15, 0.2) is 23.1 Å². The van der Waals surface area contributed by atoms with Crippen molar-refractivity contribution in [3.8, 4) is 11.5 Å². The van der Waals surface area contributed by atoms with Gasteiger partial charge in [0.05, 0.1) is 4.90 Å². The maximum absolute atomic E-state index is 12.6. The molecule has 0 saturated carbocycles. The van der Waals surface area contributed by atoms with Crippen LogP contribution in [-0.2, 0) is 10.0 Å². The van der Waals surface area contributed by atoms with Crippen molar-refractivity contribution in [2.24, 2.45) is 0 Å². The SMILES string of the molecule is CCC(CC)(CBr)NS(=O)(=O)c1ccc2c(c1)OCCO2. The van der Waals surface area contributed by atoms with Gasteiger partial charge in [0.25, 0.3) is 0 Å². The van der Waals surface area contributed by atoms with Gasteiger partial charge in [0.1, 0.15) is 13.2 Å². The summed E-state index contributed by atoms with van der Waals surface area (Å²) in [6, 6.07) is 4.69. The molecule has 1 aromatic carbocycles. The molecule has 0 atom stereocenters. The van der Waals surface area contributed by atoms with Gasteiger partial charge < -0.3 is 9.47 Å². The highest BCUT2D eigenvalue weighted by Gasteiger charge is 2.31. The molecule has 1 N–H and O–H groups in total. The van der Waals surface area contributed by atoms with E-state index in [1.54, 1.807) is 12.1 Å². The molecular weight excluding hydrogens is 358 g/mol. The zero-order valence-corrected chi connectivity index (χ0v) is 14.6. The second-order valence-corrected chi connectivity index (χ2v) is 7.28. The fraction of sp³-hybridized carbons (Fsp3) is 0.571. The Hall–Kier alpha value is -0.790. The monoisotopic (exact) mass is 377 g/mol. The Labute approximate surface area is 134 Å². The van der Waals surface area contributed by atoms with Crippen LogP contribution >= 0.6 is 15.9 Å². The molecule has 0 aromatic heterocycles. The summed E-state index contributed by atoms with van der Waals surface area (Å²) in [7, 11) is -3.60. The van der Waals surface area contributed by atoms with Crippen molar-refractivity contribution in [3.05, 3.63) is 18.2 Å². The van der Waals surface area contributed by atoms with Crippen LogP contribution in [0.1, 0.15) is 26.7 Å². The highest BCUT2D eigenvalue weighted by molar-refractivity contribution is 9.09. The van der Waals surface area contributed by atoms with E-state index in [2.05, 4.69) is 20.7 Å². The van der Waals surface area contributed by atoms with Crippen molar-refractivity contribution < 1.29 is 17.9 Å². The summed E-state index contributed by atoms with van der Waals surface area (Å²) in [5, 5.41) is 0.566. The highest BCUT2D eigenvalue weighted by atomic mass is 79.9. The van der Waals surface area contributed by atoms with Gasteiger partial charge in [0.2, 0.25) is 10.0 Å². The van der Waals surface area contributed by atoms with Gasteiger partial charge >= 0.3 is 0 Å². The first-order chi connectivity index (χ1) is 9.96. The lowest BCUT2D eigenvalue weighted by atomic mass is 9.97. The Kier molecular flexibility index (Phi) is 5.16. The van der Waals surface area contributed by atoms with Crippen LogP contribution in [0.4, 0.5) is 0 Å². The molecule has 1 aliphatic rings. The lowest BCUT2D eigenvalue weighted by Gasteiger charge is -2.30. The Morgan fingerprint density at radius 3 is 2.38 bits per heavy atom. The molecule has 0 aliphatic carbocycles. The van der Waals surface area contributed by atoms with Crippen LogP contribution in [-0.4, -0.2) is 32.5 Å². The zero-order valence-electron chi connectivity index (χ0n) is 12.2. The topological polar surface area (TPSA) is 64.6 Å². The van der Waals surface area contributed by atoms with E-state index in [4.69, 9.17) is 9.47 Å². The van der Waals surface area contributed by atoms with E-state index in [-0.39, 0.29) is 4.90 Å². The lowest BCUT2D eigenvalue weighted by Crippen LogP contribution is -2.48. The molecule has 0 saturated heterocycles. The van der Waals surface area contributed by atoms with Crippen LogP contribution in [0.25, 0.3) is 0 Å². The fourth-order valence-electron chi connectivity index (χ4n) is 2.15. The molecule has 0 amide bonds. The molecule has 0 spiro atoms. The van der Waals surface area contributed by atoms with E-state index < -0.39 is 15.6 Å². The first-order valence-corrected chi connectivity index (χ1v) is 9.56. The second kappa shape index (κ2) is 6.54. The van der Waals surface area contributed by atoms with Crippen LogP contribution in [0.2, 0.25) is 0 Å². The summed E-state index contributed by atoms with van der Waals surface area (Å²) < 4.78 is 38.8. The number of hydrogen-bond donors (Lipinski definition) is 1. The highest BCUT2D eigenvalue weighted by Crippen LogP contribution is 2.33. The molecular formula is C14H20BrNO4S. The van der Waals surface area contributed by atoms with Crippen LogP contribution in [0, 0.1) is 0 Å². The van der Waals surface area contributed by atoms with Crippen molar-refractivity contribution in [1.82, 2.24) is 4.72 Å². The molecule has 0 radical (unpaired) electrons. The number of benzene rings is 1. The average Bonchev–Trinajstić information content (AvgIpc) is 2.52. The Morgan fingerprint density at radius 2 is 1.81 bits per heavy atom. The Balaban J connectivity index is 2.31. The van der Waals surface area contributed by atoms with Crippen molar-refractivity contribution >= 4 is 26.0 Å². The molecule has 7 heteroatoms. The lowest BCUT2D eigenvalue weighted by molar-refractivity contribution is 0.171. The zero-order chi connectivity index (χ0) is 15.5. The molecule has 1 aliphatic heterocycles. The van der Waals surface area contributed by atoms with E-state index in [1.807, 2.05) is 13.8 Å². The number of rotatable bonds is 6. The summed E-state index contributed by atoms with van der Waals surface area (Å²) in [6.07, 6.45) is 1.41. The number of sulfonamides is 1. The minimum atomic E-state index is -3.60. The van der Waals surface area contributed by atoms with Gasteiger partial charge in [-0.15, -0.1) is 0 Å². The number of hydrogen-bond acceptors (Lipinski definition) is 4. The molecule has 5 nitrogen and oxygen atoms in total. The van der Waals surface area contributed by atoms with Crippen molar-refractivity contribution in [2.45, 2.75) is 37.1 Å². The number of alkyl halides is 1. The van der Waals surface area contributed by atoms with E-state index >= 15 is 0 Å². The third-order valence-corrected chi connectivity index (χ3v) is 6.43. The maximum Gasteiger partial charge on any atom is 0.241 e. The molecule has 0 unspecified atom stereocenters. The number of fused-ring (bicyclic) bond motifs is 1. The standard InChI is InChI=1S/C14H20BrNO4S/c1-3-14(4-2,10-15)16-21(17,18)11-5-6-12-13(9-11)20-8-7-19-12/h5-6,9,16H,3-4,7-8,10H2,1-2H3. The van der Waals surface area contributed by atoms with Gasteiger partial charge in [0, 0.05) is 16.9 Å². The Morgan fingerprint density at radius 1 is 1.19 bits per heavy atom. The van der Waals surface area contributed by atoms with Gasteiger partial charge in [-0.3, -0.25) is 0 Å². The molecule has 21 heavy (non-hydrogen) atoms. The van der Waals surface area contributed by atoms with E-state index in [0.29, 0.717) is 42.9 Å². The quantitative estimate of drug-likeness (QED) is 0.774. The molecule has 0 bridgehead atoms. The number of ether oxygens (including phenoxy) is 2. The van der Waals surface area contributed by atoms with Gasteiger partial charge in [-0.05, 0) is 25.0 Å². The van der Waals surface area contributed by atoms with Crippen LogP contribution in [0.3, 0.4) is 0 Å².